The maximum absolute atomic E-state index is 13.2. The molecule has 2 unspecified atom stereocenters. The highest BCUT2D eigenvalue weighted by atomic mass is 32.1. The van der Waals surface area contributed by atoms with E-state index in [0.717, 1.165) is 40.2 Å². The molecule has 2 atom stereocenters. The number of urea groups is 1. The van der Waals surface area contributed by atoms with Gasteiger partial charge < -0.3 is 15.4 Å². The number of nitrogens with zero attached hydrogens (tertiary/aromatic N) is 1. The average molecular weight is 484 g/mol. The Morgan fingerprint density at radius 3 is 2.65 bits per heavy atom. The molecule has 1 aromatic carbocycles. The Morgan fingerprint density at radius 1 is 1.26 bits per heavy atom. The van der Waals surface area contributed by atoms with Crippen molar-refractivity contribution in [2.24, 2.45) is 5.92 Å². The predicted octanol–water partition coefficient (Wildman–Crippen LogP) is 3.76. The van der Waals surface area contributed by atoms with Gasteiger partial charge in [-0.2, -0.15) is 0 Å². The van der Waals surface area contributed by atoms with Crippen molar-refractivity contribution >= 4 is 40.2 Å². The van der Waals surface area contributed by atoms with Crippen LogP contribution in [-0.2, 0) is 32.7 Å². The zero-order chi connectivity index (χ0) is 24.6. The number of carbonyl (C=O) groups is 4. The molecule has 2 heterocycles. The number of esters is 1. The van der Waals surface area contributed by atoms with Crippen molar-refractivity contribution in [1.29, 1.82) is 0 Å². The van der Waals surface area contributed by atoms with E-state index in [4.69, 9.17) is 4.74 Å². The van der Waals surface area contributed by atoms with Crippen LogP contribution in [0.4, 0.5) is 9.80 Å². The molecule has 0 saturated carbocycles. The van der Waals surface area contributed by atoms with E-state index in [0.29, 0.717) is 22.0 Å². The second kappa shape index (κ2) is 9.21. The maximum atomic E-state index is 13.2. The number of carbonyl (C=O) groups excluding carboxylic acids is 4. The number of thiophene rings is 1. The van der Waals surface area contributed by atoms with Crippen LogP contribution < -0.4 is 10.6 Å². The van der Waals surface area contributed by atoms with Gasteiger partial charge in [-0.3, -0.25) is 14.5 Å². The molecule has 1 fully saturated rings. The van der Waals surface area contributed by atoms with E-state index in [1.54, 1.807) is 26.0 Å². The summed E-state index contributed by atoms with van der Waals surface area (Å²) in [6.07, 6.45) is 2.55. The lowest BCUT2D eigenvalue weighted by molar-refractivity contribution is -0.133. The van der Waals surface area contributed by atoms with Gasteiger partial charge in [0.05, 0.1) is 12.2 Å². The number of anilines is 1. The van der Waals surface area contributed by atoms with Gasteiger partial charge in [0.2, 0.25) is 5.91 Å². The minimum Gasteiger partial charge on any atom is -0.462 e. The number of nitrogens with one attached hydrogen (secondary N) is 2. The first-order valence-corrected chi connectivity index (χ1v) is 12.3. The Kier molecular flexibility index (Phi) is 6.49. The lowest BCUT2D eigenvalue weighted by atomic mass is 9.88. The van der Waals surface area contributed by atoms with Crippen molar-refractivity contribution in [3.8, 4) is 0 Å². The highest BCUT2D eigenvalue weighted by molar-refractivity contribution is 7.17. The summed E-state index contributed by atoms with van der Waals surface area (Å²) in [6.45, 7) is 7.24. The van der Waals surface area contributed by atoms with Gasteiger partial charge in [-0.05, 0) is 57.1 Å². The third-order valence-electron chi connectivity index (χ3n) is 6.45. The molecule has 1 saturated heterocycles. The second-order valence-corrected chi connectivity index (χ2v) is 10.2. The third-order valence-corrected chi connectivity index (χ3v) is 7.62. The van der Waals surface area contributed by atoms with Crippen LogP contribution in [0.2, 0.25) is 0 Å². The molecule has 1 aliphatic carbocycles. The van der Waals surface area contributed by atoms with Crippen molar-refractivity contribution in [3.63, 3.8) is 0 Å². The number of fused-ring (bicyclic) bond motifs is 1. The minimum atomic E-state index is -1.25. The highest BCUT2D eigenvalue weighted by Crippen LogP contribution is 2.40. The number of hydrogen-bond donors (Lipinski definition) is 2. The minimum absolute atomic E-state index is 0.229. The Hall–Kier alpha value is -3.20. The van der Waals surface area contributed by atoms with Gasteiger partial charge >= 0.3 is 12.0 Å². The molecule has 0 spiro atoms. The first kappa shape index (κ1) is 23.9. The Balaban J connectivity index is 1.54. The molecule has 2 N–H and O–H groups in total. The van der Waals surface area contributed by atoms with Crippen molar-refractivity contribution in [1.82, 2.24) is 10.2 Å². The number of hydrogen-bond acceptors (Lipinski definition) is 6. The van der Waals surface area contributed by atoms with Crippen molar-refractivity contribution < 1.29 is 23.9 Å². The van der Waals surface area contributed by atoms with Crippen LogP contribution >= 0.6 is 11.3 Å². The summed E-state index contributed by atoms with van der Waals surface area (Å²) < 4.78 is 5.24. The molecule has 8 nitrogen and oxygen atoms in total. The highest BCUT2D eigenvalue weighted by Gasteiger charge is 2.49. The lowest BCUT2D eigenvalue weighted by Gasteiger charge is -2.22. The van der Waals surface area contributed by atoms with Gasteiger partial charge in [0.25, 0.3) is 5.91 Å². The summed E-state index contributed by atoms with van der Waals surface area (Å²) in [4.78, 5) is 53.4. The van der Waals surface area contributed by atoms with Crippen molar-refractivity contribution in [2.45, 2.75) is 52.5 Å². The number of rotatable bonds is 6. The molecule has 9 heteroatoms. The molecular formula is C25H29N3O5S. The molecule has 0 bridgehead atoms. The second-order valence-electron chi connectivity index (χ2n) is 9.14. The van der Waals surface area contributed by atoms with Crippen LogP contribution in [0.25, 0.3) is 0 Å². The Bertz CT molecular complexity index is 1160. The van der Waals surface area contributed by atoms with Gasteiger partial charge in [0.1, 0.15) is 17.1 Å². The van der Waals surface area contributed by atoms with Crippen LogP contribution in [0.1, 0.15) is 59.1 Å². The predicted molar refractivity (Wildman–Crippen MR) is 129 cm³/mol. The Labute approximate surface area is 202 Å². The van der Waals surface area contributed by atoms with E-state index in [2.05, 4.69) is 17.6 Å². The SMILES string of the molecule is CCOC(=O)c1c(NC(=O)CN2C(=O)NC(C)(c3ccc(C)cc3)C2=O)sc2c1CCC(C)C2. The van der Waals surface area contributed by atoms with Crippen LogP contribution in [0.15, 0.2) is 24.3 Å². The number of benzene rings is 1. The lowest BCUT2D eigenvalue weighted by Crippen LogP contribution is -2.42. The van der Waals surface area contributed by atoms with Crippen molar-refractivity contribution in [2.75, 3.05) is 18.5 Å². The zero-order valence-electron chi connectivity index (χ0n) is 19.8. The summed E-state index contributed by atoms with van der Waals surface area (Å²) in [5.41, 5.74) is 1.75. The smallest absolute Gasteiger partial charge is 0.341 e. The molecule has 34 heavy (non-hydrogen) atoms. The van der Waals surface area contributed by atoms with Crippen LogP contribution in [0.3, 0.4) is 0 Å². The standard InChI is InChI=1S/C25H29N3O5S/c1-5-33-22(30)20-17-11-8-15(3)12-18(17)34-21(20)26-19(29)13-28-23(31)25(4,27-24(28)32)16-9-6-14(2)7-10-16/h6-7,9-10,15H,5,8,11-13H2,1-4H3,(H,26,29)(H,27,32). The van der Waals surface area contributed by atoms with Crippen LogP contribution in [0, 0.1) is 12.8 Å². The molecule has 4 rings (SSSR count). The number of aryl methyl sites for hydroxylation is 1. The summed E-state index contributed by atoms with van der Waals surface area (Å²) in [6, 6.07) is 6.69. The van der Waals surface area contributed by atoms with Gasteiger partial charge in [-0.1, -0.05) is 36.8 Å². The number of imide groups is 1. The molecule has 1 aliphatic heterocycles. The average Bonchev–Trinajstić information content (AvgIpc) is 3.23. The molecule has 4 amide bonds. The number of amides is 4. The topological polar surface area (TPSA) is 105 Å². The first-order chi connectivity index (χ1) is 16.1. The van der Waals surface area contributed by atoms with Gasteiger partial charge in [0, 0.05) is 4.88 Å². The third kappa shape index (κ3) is 4.32. The molecule has 0 radical (unpaired) electrons. The molecule has 1 aromatic heterocycles. The van der Waals surface area contributed by atoms with E-state index in [1.807, 2.05) is 19.1 Å². The van der Waals surface area contributed by atoms with Crippen LogP contribution in [0.5, 0.6) is 0 Å². The first-order valence-electron chi connectivity index (χ1n) is 11.5. The normalized spacial score (nSPS) is 21.8. The van der Waals surface area contributed by atoms with Crippen LogP contribution in [-0.4, -0.2) is 41.9 Å². The fourth-order valence-corrected chi connectivity index (χ4v) is 5.91. The van der Waals surface area contributed by atoms with E-state index in [-0.39, 0.29) is 6.61 Å². The molecule has 2 aromatic rings. The molecule has 180 valence electrons. The van der Waals surface area contributed by atoms with E-state index in [1.165, 1.54) is 11.3 Å². The summed E-state index contributed by atoms with van der Waals surface area (Å²) in [7, 11) is 0. The maximum Gasteiger partial charge on any atom is 0.341 e. The monoisotopic (exact) mass is 483 g/mol. The number of ether oxygens (including phenoxy) is 1. The fraction of sp³-hybridized carbons (Fsp3) is 0.440. The molecule has 2 aliphatic rings. The fourth-order valence-electron chi connectivity index (χ4n) is 4.49. The molecular weight excluding hydrogens is 454 g/mol. The van der Waals surface area contributed by atoms with Gasteiger partial charge in [-0.25, -0.2) is 9.59 Å². The van der Waals surface area contributed by atoms with Crippen molar-refractivity contribution in [3.05, 3.63) is 51.4 Å². The summed E-state index contributed by atoms with van der Waals surface area (Å²) in [5, 5.41) is 5.89. The zero-order valence-corrected chi connectivity index (χ0v) is 20.6. The van der Waals surface area contributed by atoms with E-state index in [9.17, 15) is 19.2 Å². The quantitative estimate of drug-likeness (QED) is 0.481. The summed E-state index contributed by atoms with van der Waals surface area (Å²) >= 11 is 1.37. The largest absolute Gasteiger partial charge is 0.462 e. The Morgan fingerprint density at radius 2 is 1.97 bits per heavy atom. The summed E-state index contributed by atoms with van der Waals surface area (Å²) in [5.74, 6) is -1.02. The van der Waals surface area contributed by atoms with Gasteiger partial charge in [-0.15, -0.1) is 11.3 Å². The van der Waals surface area contributed by atoms with E-state index < -0.39 is 35.9 Å². The van der Waals surface area contributed by atoms with E-state index >= 15 is 0 Å². The van der Waals surface area contributed by atoms with Gasteiger partial charge in [0.15, 0.2) is 0 Å².